The zero-order valence-electron chi connectivity index (χ0n) is 11.6. The van der Waals surface area contributed by atoms with Crippen molar-refractivity contribution in [3.05, 3.63) is 12.3 Å². The highest BCUT2D eigenvalue weighted by molar-refractivity contribution is 5.88. The van der Waals surface area contributed by atoms with Crippen LogP contribution in [-0.2, 0) is 11.8 Å². The van der Waals surface area contributed by atoms with Gasteiger partial charge in [0, 0.05) is 37.1 Å². The van der Waals surface area contributed by atoms with E-state index in [1.54, 1.807) is 16.9 Å². The fourth-order valence-corrected chi connectivity index (χ4v) is 4.25. The van der Waals surface area contributed by atoms with Crippen LogP contribution >= 0.6 is 0 Å². The van der Waals surface area contributed by atoms with Gasteiger partial charge in [-0.3, -0.25) is 10.00 Å². The Kier molecular flexibility index (Phi) is 2.57. The SMILES string of the molecule is Cn1nccc1NC(=O)N[C@@H]1[C@@H]2CCO[C@H]2C12CCC2. The average molecular weight is 276 g/mol. The molecule has 108 valence electrons. The Labute approximate surface area is 117 Å². The van der Waals surface area contributed by atoms with Crippen molar-refractivity contribution in [2.24, 2.45) is 18.4 Å². The molecular formula is C14H20N4O2. The molecule has 1 aromatic heterocycles. The zero-order chi connectivity index (χ0) is 13.7. The number of urea groups is 1. The summed E-state index contributed by atoms with van der Waals surface area (Å²) < 4.78 is 7.51. The molecule has 3 aliphatic rings. The second-order valence-corrected chi connectivity index (χ2v) is 6.25. The van der Waals surface area contributed by atoms with Crippen LogP contribution in [0.2, 0.25) is 0 Å². The Bertz CT molecular complexity index is 537. The van der Waals surface area contributed by atoms with Crippen LogP contribution in [0.4, 0.5) is 10.6 Å². The zero-order valence-corrected chi connectivity index (χ0v) is 11.6. The summed E-state index contributed by atoms with van der Waals surface area (Å²) in [4.78, 5) is 12.2. The summed E-state index contributed by atoms with van der Waals surface area (Å²) in [6, 6.07) is 1.94. The van der Waals surface area contributed by atoms with Gasteiger partial charge in [0.15, 0.2) is 0 Å². The fraction of sp³-hybridized carbons (Fsp3) is 0.714. The second-order valence-electron chi connectivity index (χ2n) is 6.25. The number of anilines is 1. The van der Waals surface area contributed by atoms with Gasteiger partial charge in [0.05, 0.1) is 12.3 Å². The van der Waals surface area contributed by atoms with E-state index in [1.807, 2.05) is 7.05 Å². The Morgan fingerprint density at radius 2 is 2.40 bits per heavy atom. The maximum absolute atomic E-state index is 12.2. The predicted molar refractivity (Wildman–Crippen MR) is 73.3 cm³/mol. The molecule has 3 atom stereocenters. The van der Waals surface area contributed by atoms with Crippen LogP contribution < -0.4 is 10.6 Å². The van der Waals surface area contributed by atoms with E-state index in [0.29, 0.717) is 17.8 Å². The van der Waals surface area contributed by atoms with Gasteiger partial charge in [-0.05, 0) is 19.3 Å². The third kappa shape index (κ3) is 1.54. The predicted octanol–water partition coefficient (Wildman–Crippen LogP) is 1.50. The first kappa shape index (κ1) is 12.2. The molecule has 1 saturated heterocycles. The molecule has 1 spiro atoms. The van der Waals surface area contributed by atoms with Crippen LogP contribution in [0.15, 0.2) is 12.3 Å². The minimum atomic E-state index is -0.129. The Morgan fingerprint density at radius 3 is 3.05 bits per heavy atom. The van der Waals surface area contributed by atoms with E-state index in [4.69, 9.17) is 4.74 Å². The minimum Gasteiger partial charge on any atom is -0.377 e. The van der Waals surface area contributed by atoms with Crippen molar-refractivity contribution in [3.8, 4) is 0 Å². The van der Waals surface area contributed by atoms with E-state index in [0.717, 1.165) is 13.0 Å². The molecule has 0 unspecified atom stereocenters. The summed E-state index contributed by atoms with van der Waals surface area (Å²) >= 11 is 0. The number of fused-ring (bicyclic) bond motifs is 2. The number of aromatic nitrogens is 2. The number of nitrogens with zero attached hydrogens (tertiary/aromatic N) is 2. The third-order valence-corrected chi connectivity index (χ3v) is 5.39. The number of aryl methyl sites for hydroxylation is 1. The highest BCUT2D eigenvalue weighted by atomic mass is 16.5. The fourth-order valence-electron chi connectivity index (χ4n) is 4.25. The van der Waals surface area contributed by atoms with Gasteiger partial charge in [0.25, 0.3) is 0 Å². The first-order valence-corrected chi connectivity index (χ1v) is 7.38. The lowest BCUT2D eigenvalue weighted by molar-refractivity contribution is -0.171. The van der Waals surface area contributed by atoms with Gasteiger partial charge < -0.3 is 10.1 Å². The summed E-state index contributed by atoms with van der Waals surface area (Å²) in [5, 5.41) is 10.1. The van der Waals surface area contributed by atoms with Gasteiger partial charge in [-0.15, -0.1) is 0 Å². The molecular weight excluding hydrogens is 256 g/mol. The van der Waals surface area contributed by atoms with Crippen molar-refractivity contribution in [1.29, 1.82) is 0 Å². The molecule has 2 saturated carbocycles. The summed E-state index contributed by atoms with van der Waals surface area (Å²) in [6.07, 6.45) is 6.76. The first-order chi connectivity index (χ1) is 9.71. The molecule has 0 aromatic carbocycles. The molecule has 0 bridgehead atoms. The third-order valence-electron chi connectivity index (χ3n) is 5.39. The molecule has 3 fully saturated rings. The summed E-state index contributed by atoms with van der Waals surface area (Å²) in [5.41, 5.74) is 0.227. The van der Waals surface area contributed by atoms with Crippen LogP contribution in [0.1, 0.15) is 25.7 Å². The van der Waals surface area contributed by atoms with Crippen molar-refractivity contribution in [2.75, 3.05) is 11.9 Å². The number of rotatable bonds is 2. The topological polar surface area (TPSA) is 68.2 Å². The average Bonchev–Trinajstić information content (AvgIpc) is 2.93. The molecule has 2 N–H and O–H groups in total. The molecule has 2 amide bonds. The molecule has 6 nitrogen and oxygen atoms in total. The van der Waals surface area contributed by atoms with Crippen molar-refractivity contribution in [3.63, 3.8) is 0 Å². The normalized spacial score (nSPS) is 33.1. The van der Waals surface area contributed by atoms with E-state index < -0.39 is 0 Å². The van der Waals surface area contributed by atoms with Crippen molar-refractivity contribution in [1.82, 2.24) is 15.1 Å². The number of carbonyl (C=O) groups excluding carboxylic acids is 1. The summed E-state index contributed by atoms with van der Waals surface area (Å²) in [5.74, 6) is 1.22. The van der Waals surface area contributed by atoms with Crippen molar-refractivity contribution < 1.29 is 9.53 Å². The highest BCUT2D eigenvalue weighted by Gasteiger charge is 2.66. The number of hydrogen-bond donors (Lipinski definition) is 2. The Hall–Kier alpha value is -1.56. The lowest BCUT2D eigenvalue weighted by Crippen LogP contribution is -2.72. The molecule has 2 heterocycles. The maximum Gasteiger partial charge on any atom is 0.320 e. The monoisotopic (exact) mass is 276 g/mol. The highest BCUT2D eigenvalue weighted by Crippen LogP contribution is 2.62. The number of ether oxygens (including phenoxy) is 1. The van der Waals surface area contributed by atoms with E-state index in [2.05, 4.69) is 15.7 Å². The van der Waals surface area contributed by atoms with E-state index >= 15 is 0 Å². The smallest absolute Gasteiger partial charge is 0.320 e. The van der Waals surface area contributed by atoms with E-state index in [-0.39, 0.29) is 17.5 Å². The van der Waals surface area contributed by atoms with E-state index in [1.165, 1.54) is 19.3 Å². The van der Waals surface area contributed by atoms with Gasteiger partial charge in [-0.25, -0.2) is 4.79 Å². The standard InChI is InChI=1S/C14H20N4O2/c1-18-10(3-7-15-18)16-13(19)17-11-9-4-8-20-12(9)14(11)5-2-6-14/h3,7,9,11-12H,2,4-6,8H2,1H3,(H2,16,17,19)/t9-,11+,12+/m0/s1. The van der Waals surface area contributed by atoms with Gasteiger partial charge >= 0.3 is 6.03 Å². The van der Waals surface area contributed by atoms with Crippen LogP contribution in [0.5, 0.6) is 0 Å². The largest absolute Gasteiger partial charge is 0.377 e. The quantitative estimate of drug-likeness (QED) is 0.860. The van der Waals surface area contributed by atoms with Gasteiger partial charge in [-0.1, -0.05) is 6.42 Å². The van der Waals surface area contributed by atoms with Crippen molar-refractivity contribution >= 4 is 11.8 Å². The Balaban J connectivity index is 1.43. The number of carbonyl (C=O) groups is 1. The lowest BCUT2D eigenvalue weighted by atomic mass is 9.46. The summed E-state index contributed by atoms with van der Waals surface area (Å²) in [6.45, 7) is 0.846. The first-order valence-electron chi connectivity index (χ1n) is 7.38. The molecule has 0 radical (unpaired) electrons. The molecule has 1 aromatic rings. The Morgan fingerprint density at radius 1 is 1.55 bits per heavy atom. The minimum absolute atomic E-state index is 0.129. The lowest BCUT2D eigenvalue weighted by Gasteiger charge is -2.63. The number of hydrogen-bond acceptors (Lipinski definition) is 3. The number of nitrogens with one attached hydrogen (secondary N) is 2. The van der Waals surface area contributed by atoms with Crippen molar-refractivity contribution in [2.45, 2.75) is 37.8 Å². The summed E-state index contributed by atoms with van der Waals surface area (Å²) in [7, 11) is 1.81. The number of amides is 2. The van der Waals surface area contributed by atoms with Crippen LogP contribution in [0.3, 0.4) is 0 Å². The van der Waals surface area contributed by atoms with Gasteiger partial charge in [0.2, 0.25) is 0 Å². The van der Waals surface area contributed by atoms with E-state index in [9.17, 15) is 4.79 Å². The van der Waals surface area contributed by atoms with Crippen LogP contribution in [-0.4, -0.2) is 34.6 Å². The van der Waals surface area contributed by atoms with Gasteiger partial charge in [0.1, 0.15) is 5.82 Å². The molecule has 2 aliphatic carbocycles. The van der Waals surface area contributed by atoms with Crippen LogP contribution in [0, 0.1) is 11.3 Å². The second kappa shape index (κ2) is 4.22. The molecule has 6 heteroatoms. The molecule has 20 heavy (non-hydrogen) atoms. The molecule has 4 rings (SSSR count). The van der Waals surface area contributed by atoms with Crippen LogP contribution in [0.25, 0.3) is 0 Å². The maximum atomic E-state index is 12.2. The molecule has 1 aliphatic heterocycles. The van der Waals surface area contributed by atoms with Gasteiger partial charge in [-0.2, -0.15) is 5.10 Å².